The van der Waals surface area contributed by atoms with E-state index in [1.165, 1.54) is 6.07 Å². The lowest BCUT2D eigenvalue weighted by Crippen LogP contribution is -2.43. The predicted molar refractivity (Wildman–Crippen MR) is 76.8 cm³/mol. The topological polar surface area (TPSA) is 43.1 Å². The van der Waals surface area contributed by atoms with Crippen molar-refractivity contribution < 1.29 is 13.0 Å². The third kappa shape index (κ3) is 3.44. The van der Waals surface area contributed by atoms with Gasteiger partial charge in [-0.2, -0.15) is 0 Å². The van der Waals surface area contributed by atoms with Gasteiger partial charge in [0, 0.05) is 10.9 Å². The standard InChI is InChI=1S/C15H21F2NOS/c1-2-3-10-4-7-14(18)15(8-10)20(19)11-5-6-12(16)13(17)9-11/h5-6,9-10,14-15H,2-4,7-8,18H2,1H3. The minimum absolute atomic E-state index is 0.128. The average Bonchev–Trinajstić information content (AvgIpc) is 2.43. The summed E-state index contributed by atoms with van der Waals surface area (Å²) in [6.07, 6.45) is 4.94. The molecule has 4 atom stereocenters. The van der Waals surface area contributed by atoms with Crippen LogP contribution >= 0.6 is 0 Å². The summed E-state index contributed by atoms with van der Waals surface area (Å²) in [4.78, 5) is 0.335. The molecule has 1 aliphatic carbocycles. The SMILES string of the molecule is CCCC1CCC(N)C(S(=O)c2ccc(F)c(F)c2)C1. The first-order valence-electron chi connectivity index (χ1n) is 7.14. The van der Waals surface area contributed by atoms with Crippen molar-refractivity contribution in [1.29, 1.82) is 0 Å². The Hall–Kier alpha value is -0.810. The minimum atomic E-state index is -1.37. The fourth-order valence-electron chi connectivity index (χ4n) is 2.93. The molecule has 0 saturated heterocycles. The van der Waals surface area contributed by atoms with Gasteiger partial charge in [-0.3, -0.25) is 4.21 Å². The number of hydrogen-bond acceptors (Lipinski definition) is 2. The van der Waals surface area contributed by atoms with Gasteiger partial charge in [-0.15, -0.1) is 0 Å². The van der Waals surface area contributed by atoms with Gasteiger partial charge in [-0.1, -0.05) is 19.8 Å². The summed E-state index contributed by atoms with van der Waals surface area (Å²) in [5.74, 6) is -1.33. The molecule has 0 heterocycles. The Morgan fingerprint density at radius 2 is 2.05 bits per heavy atom. The van der Waals surface area contributed by atoms with Gasteiger partial charge < -0.3 is 5.73 Å². The van der Waals surface area contributed by atoms with Gasteiger partial charge in [-0.05, 0) is 43.4 Å². The summed E-state index contributed by atoms with van der Waals surface area (Å²) >= 11 is 0. The molecule has 112 valence electrons. The Kier molecular flexibility index (Phi) is 5.27. The van der Waals surface area contributed by atoms with Gasteiger partial charge in [0.05, 0.1) is 16.0 Å². The van der Waals surface area contributed by atoms with Crippen molar-refractivity contribution in [1.82, 2.24) is 0 Å². The lowest BCUT2D eigenvalue weighted by molar-refractivity contribution is 0.313. The van der Waals surface area contributed by atoms with E-state index >= 15 is 0 Å². The van der Waals surface area contributed by atoms with Crippen LogP contribution in [0.4, 0.5) is 8.78 Å². The predicted octanol–water partition coefficient (Wildman–Crippen LogP) is 3.37. The minimum Gasteiger partial charge on any atom is -0.327 e. The Morgan fingerprint density at radius 3 is 2.70 bits per heavy atom. The Labute approximate surface area is 121 Å². The molecule has 2 rings (SSSR count). The third-order valence-corrected chi connectivity index (χ3v) is 5.86. The first-order chi connectivity index (χ1) is 9.52. The van der Waals surface area contributed by atoms with Gasteiger partial charge >= 0.3 is 0 Å². The van der Waals surface area contributed by atoms with E-state index < -0.39 is 22.4 Å². The average molecular weight is 301 g/mol. The summed E-state index contributed by atoms with van der Waals surface area (Å²) in [6, 6.07) is 3.32. The van der Waals surface area contributed by atoms with E-state index in [9.17, 15) is 13.0 Å². The van der Waals surface area contributed by atoms with E-state index in [4.69, 9.17) is 5.73 Å². The molecule has 0 spiro atoms. The van der Waals surface area contributed by atoms with Gasteiger partial charge in [0.1, 0.15) is 0 Å². The zero-order valence-corrected chi connectivity index (χ0v) is 12.5. The zero-order chi connectivity index (χ0) is 14.7. The number of benzene rings is 1. The molecule has 5 heteroatoms. The maximum Gasteiger partial charge on any atom is 0.160 e. The highest BCUT2D eigenvalue weighted by Crippen LogP contribution is 2.32. The fraction of sp³-hybridized carbons (Fsp3) is 0.600. The highest BCUT2D eigenvalue weighted by atomic mass is 32.2. The molecule has 1 aliphatic rings. The second-order valence-electron chi connectivity index (χ2n) is 5.54. The monoisotopic (exact) mass is 301 g/mol. The number of hydrogen-bond donors (Lipinski definition) is 1. The second-order valence-corrected chi connectivity index (χ2v) is 7.22. The van der Waals surface area contributed by atoms with E-state index in [1.807, 2.05) is 0 Å². The summed E-state index contributed by atoms with van der Waals surface area (Å²) in [5, 5.41) is -0.162. The lowest BCUT2D eigenvalue weighted by atomic mass is 9.83. The molecule has 0 amide bonds. The van der Waals surface area contributed by atoms with Crippen LogP contribution in [0.25, 0.3) is 0 Å². The van der Waals surface area contributed by atoms with Gasteiger partial charge in [0.15, 0.2) is 11.6 Å². The highest BCUT2D eigenvalue weighted by Gasteiger charge is 2.32. The van der Waals surface area contributed by atoms with Crippen LogP contribution in [-0.2, 0) is 10.8 Å². The van der Waals surface area contributed by atoms with Crippen molar-refractivity contribution in [3.05, 3.63) is 29.8 Å². The van der Waals surface area contributed by atoms with Crippen molar-refractivity contribution in [3.63, 3.8) is 0 Å². The van der Waals surface area contributed by atoms with Crippen LogP contribution in [0.5, 0.6) is 0 Å². The third-order valence-electron chi connectivity index (χ3n) is 4.05. The Balaban J connectivity index is 2.15. The molecule has 0 bridgehead atoms. The maximum atomic E-state index is 13.3. The van der Waals surface area contributed by atoms with Crippen molar-refractivity contribution >= 4 is 10.8 Å². The van der Waals surface area contributed by atoms with Gasteiger partial charge in [-0.25, -0.2) is 8.78 Å². The molecule has 4 unspecified atom stereocenters. The van der Waals surface area contributed by atoms with Crippen molar-refractivity contribution in [2.45, 2.75) is 55.2 Å². The van der Waals surface area contributed by atoms with E-state index in [-0.39, 0.29) is 11.3 Å². The van der Waals surface area contributed by atoms with Crippen molar-refractivity contribution in [2.75, 3.05) is 0 Å². The van der Waals surface area contributed by atoms with Crippen LogP contribution in [-0.4, -0.2) is 15.5 Å². The summed E-state index contributed by atoms with van der Waals surface area (Å²) in [7, 11) is -1.37. The van der Waals surface area contributed by atoms with Crippen LogP contribution < -0.4 is 5.73 Å². The van der Waals surface area contributed by atoms with Crippen molar-refractivity contribution in [2.24, 2.45) is 11.7 Å². The van der Waals surface area contributed by atoms with Crippen LogP contribution in [0.3, 0.4) is 0 Å². The van der Waals surface area contributed by atoms with E-state index in [0.29, 0.717) is 10.8 Å². The molecule has 1 aromatic rings. The largest absolute Gasteiger partial charge is 0.327 e. The first-order valence-corrected chi connectivity index (χ1v) is 8.35. The molecular formula is C15H21F2NOS. The molecule has 0 aliphatic heterocycles. The fourth-order valence-corrected chi connectivity index (χ4v) is 4.60. The molecule has 0 aromatic heterocycles. The quantitative estimate of drug-likeness (QED) is 0.926. The Bertz CT molecular complexity index is 495. The van der Waals surface area contributed by atoms with Gasteiger partial charge in [0.25, 0.3) is 0 Å². The van der Waals surface area contributed by atoms with Crippen LogP contribution in [0.1, 0.15) is 39.0 Å². The lowest BCUT2D eigenvalue weighted by Gasteiger charge is -2.33. The second kappa shape index (κ2) is 6.76. The number of halogens is 2. The number of rotatable bonds is 4. The summed E-state index contributed by atoms with van der Waals surface area (Å²) < 4.78 is 38.8. The van der Waals surface area contributed by atoms with Crippen LogP contribution in [0.15, 0.2) is 23.1 Å². The highest BCUT2D eigenvalue weighted by molar-refractivity contribution is 7.85. The molecule has 1 saturated carbocycles. The summed E-state index contributed by atoms with van der Waals surface area (Å²) in [6.45, 7) is 2.13. The molecule has 0 radical (unpaired) electrons. The molecular weight excluding hydrogens is 280 g/mol. The maximum absolute atomic E-state index is 13.3. The van der Waals surface area contributed by atoms with E-state index in [0.717, 1.165) is 44.2 Å². The molecule has 1 aromatic carbocycles. The van der Waals surface area contributed by atoms with Gasteiger partial charge in [0.2, 0.25) is 0 Å². The molecule has 2 nitrogen and oxygen atoms in total. The molecule has 2 N–H and O–H groups in total. The Morgan fingerprint density at radius 1 is 1.30 bits per heavy atom. The zero-order valence-electron chi connectivity index (χ0n) is 11.6. The smallest absolute Gasteiger partial charge is 0.160 e. The van der Waals surface area contributed by atoms with Crippen LogP contribution in [0, 0.1) is 17.6 Å². The van der Waals surface area contributed by atoms with Crippen LogP contribution in [0.2, 0.25) is 0 Å². The number of nitrogens with two attached hydrogens (primary N) is 1. The van der Waals surface area contributed by atoms with Crippen molar-refractivity contribution in [3.8, 4) is 0 Å². The van der Waals surface area contributed by atoms with E-state index in [1.54, 1.807) is 0 Å². The normalized spacial score (nSPS) is 28.3. The first kappa shape index (κ1) is 15.6. The summed E-state index contributed by atoms with van der Waals surface area (Å²) in [5.41, 5.74) is 6.08. The van der Waals surface area contributed by atoms with E-state index in [2.05, 4.69) is 6.92 Å². The molecule has 20 heavy (non-hydrogen) atoms. The molecule has 1 fully saturated rings.